The fourth-order valence-electron chi connectivity index (χ4n) is 2.82. The summed E-state index contributed by atoms with van der Waals surface area (Å²) in [4.78, 5) is 24.1. The van der Waals surface area contributed by atoms with Gasteiger partial charge in [-0.2, -0.15) is 0 Å². The Hall–Kier alpha value is -2.82. The van der Waals surface area contributed by atoms with E-state index in [2.05, 4.69) is 0 Å². The summed E-state index contributed by atoms with van der Waals surface area (Å²) in [5.74, 6) is -0.175. The number of Topliss-reactive ketones (excluding diaryl/α,β-unsaturated/α-hetero) is 1. The van der Waals surface area contributed by atoms with Crippen LogP contribution in [-0.2, 0) is 4.79 Å². The van der Waals surface area contributed by atoms with Crippen LogP contribution >= 0.6 is 0 Å². The summed E-state index contributed by atoms with van der Waals surface area (Å²) in [6.45, 7) is 7.25. The minimum atomic E-state index is -0.898. The predicted octanol–water partition coefficient (Wildman–Crippen LogP) is 4.92. The average molecular weight is 384 g/mol. The Balaban J connectivity index is 2.19. The lowest BCUT2D eigenvalue weighted by molar-refractivity contribution is -0.147. The van der Waals surface area contributed by atoms with Gasteiger partial charge in [-0.25, -0.2) is 0 Å². The number of ether oxygens (including phenoxy) is 1. The van der Waals surface area contributed by atoms with Crippen molar-refractivity contribution >= 4 is 11.8 Å². The van der Waals surface area contributed by atoms with Crippen LogP contribution in [0.3, 0.4) is 0 Å². The predicted molar refractivity (Wildman–Crippen MR) is 108 cm³/mol. The molecule has 0 saturated carbocycles. The van der Waals surface area contributed by atoms with E-state index in [1.54, 1.807) is 26.0 Å². The summed E-state index contributed by atoms with van der Waals surface area (Å²) < 4.78 is 6.15. The number of ketones is 1. The van der Waals surface area contributed by atoms with Crippen molar-refractivity contribution in [1.29, 1.82) is 0 Å². The fraction of sp³-hybridized carbons (Fsp3) is 0.391. The topological polar surface area (TPSA) is 83.8 Å². The van der Waals surface area contributed by atoms with E-state index in [0.717, 1.165) is 11.1 Å². The number of phenols is 1. The molecule has 0 fully saturated rings. The maximum atomic E-state index is 12.7. The second-order valence-electron chi connectivity index (χ2n) is 7.91. The Bertz CT molecular complexity index is 837. The van der Waals surface area contributed by atoms with Crippen molar-refractivity contribution in [3.8, 4) is 11.5 Å². The molecular formula is C23H28O5. The Kier molecular flexibility index (Phi) is 6.84. The molecule has 2 rings (SSSR count). The van der Waals surface area contributed by atoms with Gasteiger partial charge >= 0.3 is 5.97 Å². The third kappa shape index (κ3) is 5.84. The Morgan fingerprint density at radius 1 is 1.07 bits per heavy atom. The van der Waals surface area contributed by atoms with Gasteiger partial charge in [-0.05, 0) is 82.0 Å². The third-order valence-electron chi connectivity index (χ3n) is 4.91. The summed E-state index contributed by atoms with van der Waals surface area (Å²) in [6.07, 6.45) is 0.519. The van der Waals surface area contributed by atoms with Crippen LogP contribution in [0.1, 0.15) is 54.6 Å². The standard InChI is InChI=1S/C23H28O5/c1-15-5-6-16(2)21(13-15)28-19(11-12-23(3,4)22(26)27)14-20(25)17-7-9-18(24)10-8-17/h5-10,13,19,24H,11-12,14H2,1-4H3,(H,26,27). The number of carbonyl (C=O) groups excluding carboxylic acids is 1. The molecule has 28 heavy (non-hydrogen) atoms. The largest absolute Gasteiger partial charge is 0.508 e. The van der Waals surface area contributed by atoms with Crippen molar-refractivity contribution in [2.24, 2.45) is 5.41 Å². The summed E-state index contributed by atoms with van der Waals surface area (Å²) >= 11 is 0. The first-order valence-corrected chi connectivity index (χ1v) is 9.38. The highest BCUT2D eigenvalue weighted by Gasteiger charge is 2.29. The van der Waals surface area contributed by atoms with Gasteiger partial charge in [-0.15, -0.1) is 0 Å². The van der Waals surface area contributed by atoms with E-state index >= 15 is 0 Å². The number of rotatable bonds is 9. The van der Waals surface area contributed by atoms with E-state index in [4.69, 9.17) is 4.74 Å². The van der Waals surface area contributed by atoms with Crippen molar-refractivity contribution in [1.82, 2.24) is 0 Å². The molecule has 0 aromatic heterocycles. The van der Waals surface area contributed by atoms with Crippen LogP contribution in [0.4, 0.5) is 0 Å². The molecule has 5 nitrogen and oxygen atoms in total. The molecule has 0 amide bonds. The number of carboxylic acid groups (broad SMARTS) is 1. The van der Waals surface area contributed by atoms with Crippen molar-refractivity contribution in [2.75, 3.05) is 0 Å². The van der Waals surface area contributed by atoms with Gasteiger partial charge in [0, 0.05) is 12.0 Å². The third-order valence-corrected chi connectivity index (χ3v) is 4.91. The Labute approximate surface area is 166 Å². The van der Waals surface area contributed by atoms with Crippen molar-refractivity contribution < 1.29 is 24.5 Å². The highest BCUT2D eigenvalue weighted by molar-refractivity contribution is 5.96. The van der Waals surface area contributed by atoms with Crippen molar-refractivity contribution in [3.05, 3.63) is 59.2 Å². The molecule has 1 atom stereocenters. The smallest absolute Gasteiger partial charge is 0.309 e. The molecule has 150 valence electrons. The van der Waals surface area contributed by atoms with Gasteiger partial charge in [0.1, 0.15) is 17.6 Å². The second kappa shape index (κ2) is 8.91. The van der Waals surface area contributed by atoms with Gasteiger partial charge in [-0.3, -0.25) is 9.59 Å². The Morgan fingerprint density at radius 2 is 1.71 bits per heavy atom. The lowest BCUT2D eigenvalue weighted by Crippen LogP contribution is -2.28. The highest BCUT2D eigenvalue weighted by Crippen LogP contribution is 2.28. The van der Waals surface area contributed by atoms with E-state index in [1.807, 2.05) is 32.0 Å². The molecule has 0 bridgehead atoms. The first-order valence-electron chi connectivity index (χ1n) is 9.38. The van der Waals surface area contributed by atoms with Crippen molar-refractivity contribution in [2.45, 2.75) is 53.1 Å². The summed E-state index contributed by atoms with van der Waals surface area (Å²) in [5, 5.41) is 18.8. The van der Waals surface area contributed by atoms with Gasteiger partial charge in [0.15, 0.2) is 5.78 Å². The number of carbonyl (C=O) groups is 2. The molecule has 0 aliphatic carbocycles. The molecule has 0 aliphatic heterocycles. The second-order valence-corrected chi connectivity index (χ2v) is 7.91. The number of carboxylic acids is 1. The normalized spacial score (nSPS) is 12.4. The molecule has 2 aromatic rings. The van der Waals surface area contributed by atoms with Crippen LogP contribution in [0.15, 0.2) is 42.5 Å². The molecule has 2 aromatic carbocycles. The number of aryl methyl sites for hydroxylation is 2. The van der Waals surface area contributed by atoms with E-state index < -0.39 is 17.5 Å². The highest BCUT2D eigenvalue weighted by atomic mass is 16.5. The van der Waals surface area contributed by atoms with Crippen LogP contribution in [0.5, 0.6) is 11.5 Å². The maximum Gasteiger partial charge on any atom is 0.309 e. The first kappa shape index (κ1) is 21.5. The van der Waals surface area contributed by atoms with Crippen LogP contribution in [0, 0.1) is 19.3 Å². The molecule has 0 radical (unpaired) electrons. The molecule has 5 heteroatoms. The lowest BCUT2D eigenvalue weighted by atomic mass is 9.86. The zero-order chi connectivity index (χ0) is 20.9. The van der Waals surface area contributed by atoms with Crippen LogP contribution < -0.4 is 4.74 Å². The average Bonchev–Trinajstić information content (AvgIpc) is 2.63. The van der Waals surface area contributed by atoms with E-state index in [0.29, 0.717) is 24.2 Å². The molecule has 0 aliphatic rings. The SMILES string of the molecule is Cc1ccc(C)c(OC(CCC(C)(C)C(=O)O)CC(=O)c2ccc(O)cc2)c1. The number of aromatic hydroxyl groups is 1. The monoisotopic (exact) mass is 384 g/mol. The first-order chi connectivity index (χ1) is 13.1. The molecule has 1 unspecified atom stereocenters. The number of benzene rings is 2. The van der Waals surface area contributed by atoms with Crippen LogP contribution in [0.25, 0.3) is 0 Å². The summed E-state index contributed by atoms with van der Waals surface area (Å²) in [5.41, 5.74) is 1.61. The van der Waals surface area contributed by atoms with Crippen LogP contribution in [0.2, 0.25) is 0 Å². The Morgan fingerprint density at radius 3 is 2.32 bits per heavy atom. The summed E-state index contributed by atoms with van der Waals surface area (Å²) in [7, 11) is 0. The van der Waals surface area contributed by atoms with Crippen LogP contribution in [-0.4, -0.2) is 28.1 Å². The van der Waals surface area contributed by atoms with E-state index in [1.165, 1.54) is 12.1 Å². The maximum absolute atomic E-state index is 12.7. The number of hydrogen-bond donors (Lipinski definition) is 2. The molecule has 2 N–H and O–H groups in total. The zero-order valence-electron chi connectivity index (χ0n) is 16.9. The number of phenolic OH excluding ortho intramolecular Hbond substituents is 1. The fourth-order valence-corrected chi connectivity index (χ4v) is 2.82. The molecule has 0 saturated heterocycles. The van der Waals surface area contributed by atoms with Gasteiger partial charge in [-0.1, -0.05) is 12.1 Å². The van der Waals surface area contributed by atoms with E-state index in [9.17, 15) is 19.8 Å². The van der Waals surface area contributed by atoms with Gasteiger partial charge < -0.3 is 14.9 Å². The molecule has 0 spiro atoms. The number of aliphatic carboxylic acids is 1. The molecule has 0 heterocycles. The minimum absolute atomic E-state index is 0.0999. The molecular weight excluding hydrogens is 356 g/mol. The van der Waals surface area contributed by atoms with Crippen molar-refractivity contribution in [3.63, 3.8) is 0 Å². The van der Waals surface area contributed by atoms with Gasteiger partial charge in [0.2, 0.25) is 0 Å². The zero-order valence-corrected chi connectivity index (χ0v) is 16.9. The van der Waals surface area contributed by atoms with Gasteiger partial charge in [0.25, 0.3) is 0 Å². The quantitative estimate of drug-likeness (QED) is 0.600. The van der Waals surface area contributed by atoms with E-state index in [-0.39, 0.29) is 18.0 Å². The van der Waals surface area contributed by atoms with Gasteiger partial charge in [0.05, 0.1) is 5.41 Å². The minimum Gasteiger partial charge on any atom is -0.508 e. The lowest BCUT2D eigenvalue weighted by Gasteiger charge is -2.25. The number of hydrogen-bond acceptors (Lipinski definition) is 4. The summed E-state index contributed by atoms with van der Waals surface area (Å²) in [6, 6.07) is 12.0.